The second kappa shape index (κ2) is 6.47. The molecule has 0 aliphatic rings. The Morgan fingerprint density at radius 2 is 1.35 bits per heavy atom. The third kappa shape index (κ3) is 3.53. The van der Waals surface area contributed by atoms with Crippen LogP contribution in [0.1, 0.15) is 25.0 Å². The predicted molar refractivity (Wildman–Crippen MR) is 86.0 cm³/mol. The highest BCUT2D eigenvalue weighted by molar-refractivity contribution is 5.49. The van der Waals surface area contributed by atoms with Gasteiger partial charge in [-0.3, -0.25) is 0 Å². The van der Waals surface area contributed by atoms with E-state index in [1.807, 2.05) is 12.1 Å². The molecule has 0 heterocycles. The molecule has 0 bridgehead atoms. The SMILES string of the molecule is CCN(CC)c1ccc(Oc2cc(C)cc(C)c2)cc1. The van der Waals surface area contributed by atoms with E-state index in [1.165, 1.54) is 16.8 Å². The van der Waals surface area contributed by atoms with Gasteiger partial charge in [0.2, 0.25) is 0 Å². The number of hydrogen-bond acceptors (Lipinski definition) is 2. The zero-order chi connectivity index (χ0) is 14.5. The Bertz CT molecular complexity index is 536. The fourth-order valence-corrected chi connectivity index (χ4v) is 2.44. The van der Waals surface area contributed by atoms with Crippen molar-refractivity contribution in [3.05, 3.63) is 53.6 Å². The van der Waals surface area contributed by atoms with E-state index >= 15 is 0 Å². The van der Waals surface area contributed by atoms with E-state index in [9.17, 15) is 0 Å². The summed E-state index contributed by atoms with van der Waals surface area (Å²) in [6.07, 6.45) is 0. The Kier molecular flexibility index (Phi) is 4.67. The molecule has 0 fully saturated rings. The van der Waals surface area contributed by atoms with Gasteiger partial charge in [0.15, 0.2) is 0 Å². The molecule has 2 aromatic carbocycles. The van der Waals surface area contributed by atoms with E-state index < -0.39 is 0 Å². The van der Waals surface area contributed by atoms with Crippen LogP contribution in [0, 0.1) is 13.8 Å². The molecule has 2 heteroatoms. The van der Waals surface area contributed by atoms with Gasteiger partial charge in [0.25, 0.3) is 0 Å². The fourth-order valence-electron chi connectivity index (χ4n) is 2.44. The van der Waals surface area contributed by atoms with Gasteiger partial charge < -0.3 is 9.64 Å². The number of ether oxygens (including phenoxy) is 1. The minimum absolute atomic E-state index is 0.880. The van der Waals surface area contributed by atoms with Crippen molar-refractivity contribution in [1.82, 2.24) is 0 Å². The van der Waals surface area contributed by atoms with Crippen LogP contribution < -0.4 is 9.64 Å². The average Bonchev–Trinajstić information content (AvgIpc) is 2.41. The van der Waals surface area contributed by atoms with Gasteiger partial charge in [-0.1, -0.05) is 6.07 Å². The van der Waals surface area contributed by atoms with Crippen molar-refractivity contribution in [2.45, 2.75) is 27.7 Å². The Labute approximate surface area is 122 Å². The molecule has 0 amide bonds. The molecule has 0 atom stereocenters. The van der Waals surface area contributed by atoms with E-state index in [2.05, 4.69) is 62.9 Å². The summed E-state index contributed by atoms with van der Waals surface area (Å²) < 4.78 is 5.92. The summed E-state index contributed by atoms with van der Waals surface area (Å²) in [5.74, 6) is 1.78. The van der Waals surface area contributed by atoms with Gasteiger partial charge in [-0.2, -0.15) is 0 Å². The van der Waals surface area contributed by atoms with Crippen molar-refractivity contribution >= 4 is 5.69 Å². The summed E-state index contributed by atoms with van der Waals surface area (Å²) in [4.78, 5) is 2.32. The molecular formula is C18H23NO. The number of rotatable bonds is 5. The summed E-state index contributed by atoms with van der Waals surface area (Å²) in [5, 5.41) is 0. The molecule has 20 heavy (non-hydrogen) atoms. The maximum Gasteiger partial charge on any atom is 0.127 e. The second-order valence-corrected chi connectivity index (χ2v) is 5.09. The van der Waals surface area contributed by atoms with Crippen LogP contribution in [-0.4, -0.2) is 13.1 Å². The molecule has 0 spiro atoms. The number of anilines is 1. The first-order valence-corrected chi connectivity index (χ1v) is 7.23. The molecule has 0 aliphatic heterocycles. The first-order valence-electron chi connectivity index (χ1n) is 7.23. The highest BCUT2D eigenvalue weighted by Crippen LogP contribution is 2.26. The van der Waals surface area contributed by atoms with Crippen LogP contribution in [0.5, 0.6) is 11.5 Å². The van der Waals surface area contributed by atoms with Crippen molar-refractivity contribution in [2.24, 2.45) is 0 Å². The van der Waals surface area contributed by atoms with Crippen LogP contribution >= 0.6 is 0 Å². The summed E-state index contributed by atoms with van der Waals surface area (Å²) in [6, 6.07) is 14.6. The predicted octanol–water partition coefficient (Wildman–Crippen LogP) is 4.94. The summed E-state index contributed by atoms with van der Waals surface area (Å²) in [5.41, 5.74) is 3.68. The lowest BCUT2D eigenvalue weighted by Crippen LogP contribution is -2.21. The zero-order valence-electron chi connectivity index (χ0n) is 12.8. The van der Waals surface area contributed by atoms with Crippen molar-refractivity contribution < 1.29 is 4.74 Å². The Morgan fingerprint density at radius 1 is 0.800 bits per heavy atom. The average molecular weight is 269 g/mol. The first-order chi connectivity index (χ1) is 9.62. The molecule has 2 aromatic rings. The summed E-state index contributed by atoms with van der Waals surface area (Å²) in [7, 11) is 0. The topological polar surface area (TPSA) is 12.5 Å². The summed E-state index contributed by atoms with van der Waals surface area (Å²) in [6.45, 7) is 10.6. The van der Waals surface area contributed by atoms with Crippen molar-refractivity contribution in [2.75, 3.05) is 18.0 Å². The number of benzene rings is 2. The normalized spacial score (nSPS) is 10.4. The Morgan fingerprint density at radius 3 is 1.85 bits per heavy atom. The van der Waals surface area contributed by atoms with Crippen LogP contribution in [0.15, 0.2) is 42.5 Å². The molecule has 0 radical (unpaired) electrons. The molecule has 0 aliphatic carbocycles. The fraction of sp³-hybridized carbons (Fsp3) is 0.333. The monoisotopic (exact) mass is 269 g/mol. The molecule has 0 aromatic heterocycles. The maximum absolute atomic E-state index is 5.92. The second-order valence-electron chi connectivity index (χ2n) is 5.09. The van der Waals surface area contributed by atoms with Crippen LogP contribution in [0.4, 0.5) is 5.69 Å². The molecule has 2 nitrogen and oxygen atoms in total. The van der Waals surface area contributed by atoms with E-state index in [4.69, 9.17) is 4.74 Å². The van der Waals surface area contributed by atoms with E-state index in [-0.39, 0.29) is 0 Å². The van der Waals surface area contributed by atoms with Gasteiger partial charge in [-0.15, -0.1) is 0 Å². The highest BCUT2D eigenvalue weighted by Gasteiger charge is 2.03. The third-order valence-electron chi connectivity index (χ3n) is 3.40. The Balaban J connectivity index is 2.14. The van der Waals surface area contributed by atoms with Crippen LogP contribution in [-0.2, 0) is 0 Å². The lowest BCUT2D eigenvalue weighted by atomic mass is 10.1. The summed E-state index contributed by atoms with van der Waals surface area (Å²) >= 11 is 0. The standard InChI is InChI=1S/C18H23NO/c1-5-19(6-2)16-7-9-17(10-8-16)20-18-12-14(3)11-15(4)13-18/h7-13H,5-6H2,1-4H3. The van der Waals surface area contributed by atoms with Gasteiger partial charge in [-0.25, -0.2) is 0 Å². The smallest absolute Gasteiger partial charge is 0.127 e. The maximum atomic E-state index is 5.92. The van der Waals surface area contributed by atoms with Crippen LogP contribution in [0.3, 0.4) is 0 Å². The van der Waals surface area contributed by atoms with E-state index in [1.54, 1.807) is 0 Å². The van der Waals surface area contributed by atoms with Crippen LogP contribution in [0.2, 0.25) is 0 Å². The molecule has 0 unspecified atom stereocenters. The minimum Gasteiger partial charge on any atom is -0.457 e. The van der Waals surface area contributed by atoms with Gasteiger partial charge in [0.1, 0.15) is 11.5 Å². The largest absolute Gasteiger partial charge is 0.457 e. The van der Waals surface area contributed by atoms with E-state index in [0.29, 0.717) is 0 Å². The lowest BCUT2D eigenvalue weighted by molar-refractivity contribution is 0.482. The van der Waals surface area contributed by atoms with E-state index in [0.717, 1.165) is 24.6 Å². The molecule has 0 saturated heterocycles. The Hall–Kier alpha value is -1.96. The zero-order valence-corrected chi connectivity index (χ0v) is 12.8. The first kappa shape index (κ1) is 14.4. The quantitative estimate of drug-likeness (QED) is 0.762. The minimum atomic E-state index is 0.880. The molecule has 2 rings (SSSR count). The van der Waals surface area contributed by atoms with Crippen molar-refractivity contribution in [3.8, 4) is 11.5 Å². The van der Waals surface area contributed by atoms with Crippen molar-refractivity contribution in [1.29, 1.82) is 0 Å². The third-order valence-corrected chi connectivity index (χ3v) is 3.40. The molecule has 0 saturated carbocycles. The number of hydrogen-bond donors (Lipinski definition) is 0. The lowest BCUT2D eigenvalue weighted by Gasteiger charge is -2.21. The van der Waals surface area contributed by atoms with Gasteiger partial charge >= 0.3 is 0 Å². The molecular weight excluding hydrogens is 246 g/mol. The van der Waals surface area contributed by atoms with Crippen LogP contribution in [0.25, 0.3) is 0 Å². The molecule has 106 valence electrons. The van der Waals surface area contributed by atoms with Gasteiger partial charge in [0, 0.05) is 18.8 Å². The van der Waals surface area contributed by atoms with Crippen molar-refractivity contribution in [3.63, 3.8) is 0 Å². The van der Waals surface area contributed by atoms with Gasteiger partial charge in [0.05, 0.1) is 0 Å². The molecule has 0 N–H and O–H groups in total. The van der Waals surface area contributed by atoms with Gasteiger partial charge in [-0.05, 0) is 75.2 Å². The number of nitrogens with zero attached hydrogens (tertiary/aromatic N) is 1. The number of aryl methyl sites for hydroxylation is 2. The highest BCUT2D eigenvalue weighted by atomic mass is 16.5.